The lowest BCUT2D eigenvalue weighted by Gasteiger charge is -2.19. The van der Waals surface area contributed by atoms with Gasteiger partial charge in [-0.1, -0.05) is 13.0 Å². The summed E-state index contributed by atoms with van der Waals surface area (Å²) in [6.07, 6.45) is -2.79. The molecule has 20 heavy (non-hydrogen) atoms. The van der Waals surface area contributed by atoms with E-state index in [1.165, 1.54) is 6.07 Å². The lowest BCUT2D eigenvalue weighted by atomic mass is 10.2. The van der Waals surface area contributed by atoms with E-state index in [9.17, 15) is 21.6 Å². The van der Waals surface area contributed by atoms with Gasteiger partial charge in [-0.15, -0.1) is 0 Å². The highest BCUT2D eigenvalue weighted by molar-refractivity contribution is 7.89. The molecule has 0 aliphatic carbocycles. The Labute approximate surface area is 116 Å². The summed E-state index contributed by atoms with van der Waals surface area (Å²) in [5.41, 5.74) is 0.342. The molecule has 114 valence electrons. The summed E-state index contributed by atoms with van der Waals surface area (Å²) >= 11 is 0. The van der Waals surface area contributed by atoms with E-state index in [-0.39, 0.29) is 11.4 Å². The number of nitrogens with one attached hydrogen (secondary N) is 1. The molecule has 4 nitrogen and oxygen atoms in total. The molecule has 0 fully saturated rings. The monoisotopic (exact) mass is 310 g/mol. The van der Waals surface area contributed by atoms with Crippen molar-refractivity contribution in [3.05, 3.63) is 29.6 Å². The molecule has 0 heterocycles. The molecule has 8 heteroatoms. The number of alkyl halides is 2. The summed E-state index contributed by atoms with van der Waals surface area (Å²) in [5.74, 6) is -0.728. The van der Waals surface area contributed by atoms with Gasteiger partial charge in [0.2, 0.25) is 10.0 Å². The van der Waals surface area contributed by atoms with Gasteiger partial charge in [-0.3, -0.25) is 0 Å². The normalized spacial score (nSPS) is 12.3. The van der Waals surface area contributed by atoms with Crippen molar-refractivity contribution in [2.24, 2.45) is 0 Å². The predicted molar refractivity (Wildman–Crippen MR) is 69.6 cm³/mol. The number of sulfonamides is 1. The van der Waals surface area contributed by atoms with Crippen LogP contribution in [0.3, 0.4) is 0 Å². The number of rotatable bonds is 7. The number of hydrogen-bond donors (Lipinski definition) is 1. The van der Waals surface area contributed by atoms with E-state index in [2.05, 4.69) is 5.32 Å². The highest BCUT2D eigenvalue weighted by atomic mass is 32.2. The van der Waals surface area contributed by atoms with Gasteiger partial charge in [0.25, 0.3) is 6.43 Å². The first-order valence-corrected chi connectivity index (χ1v) is 7.46. The van der Waals surface area contributed by atoms with Crippen molar-refractivity contribution in [2.75, 3.05) is 20.1 Å². The number of benzene rings is 1. The van der Waals surface area contributed by atoms with Gasteiger partial charge in [0, 0.05) is 13.6 Å². The molecule has 0 spiro atoms. The van der Waals surface area contributed by atoms with E-state index >= 15 is 0 Å². The topological polar surface area (TPSA) is 49.4 Å². The molecule has 0 radical (unpaired) electrons. The first-order valence-electron chi connectivity index (χ1n) is 6.02. The maximum Gasteiger partial charge on any atom is 0.252 e. The third kappa shape index (κ3) is 4.19. The van der Waals surface area contributed by atoms with Crippen molar-refractivity contribution in [3.63, 3.8) is 0 Å². The van der Waals surface area contributed by atoms with E-state index in [1.807, 2.05) is 6.92 Å². The summed E-state index contributed by atoms with van der Waals surface area (Å²) in [4.78, 5) is -0.290. The predicted octanol–water partition coefficient (Wildman–Crippen LogP) is 1.82. The second-order valence-electron chi connectivity index (χ2n) is 4.21. The second-order valence-corrected chi connectivity index (χ2v) is 6.22. The Morgan fingerprint density at radius 2 is 2.00 bits per heavy atom. The Morgan fingerprint density at radius 3 is 2.55 bits per heavy atom. The van der Waals surface area contributed by atoms with Gasteiger partial charge < -0.3 is 5.32 Å². The first kappa shape index (κ1) is 16.9. The average molecular weight is 310 g/mol. The SMILES string of the molecule is CCNCc1ccc(F)cc1S(=O)(=O)N(C)CC(F)F. The summed E-state index contributed by atoms with van der Waals surface area (Å²) in [7, 11) is -3.10. The fourth-order valence-corrected chi connectivity index (χ4v) is 3.01. The van der Waals surface area contributed by atoms with E-state index in [0.29, 0.717) is 16.4 Å². The molecule has 0 aliphatic heterocycles. The lowest BCUT2D eigenvalue weighted by Crippen LogP contribution is -2.32. The number of hydrogen-bond acceptors (Lipinski definition) is 3. The van der Waals surface area contributed by atoms with Crippen LogP contribution in [0, 0.1) is 5.82 Å². The van der Waals surface area contributed by atoms with Gasteiger partial charge in [-0.05, 0) is 24.2 Å². The molecule has 0 bridgehead atoms. The van der Waals surface area contributed by atoms with Crippen LogP contribution in [0.15, 0.2) is 23.1 Å². The van der Waals surface area contributed by atoms with Crippen molar-refractivity contribution in [3.8, 4) is 0 Å². The molecular formula is C12H17F3N2O2S. The third-order valence-corrected chi connectivity index (χ3v) is 4.58. The summed E-state index contributed by atoms with van der Waals surface area (Å²) in [6, 6.07) is 3.32. The number of halogens is 3. The van der Waals surface area contributed by atoms with Gasteiger partial charge in [0.15, 0.2) is 0 Å². The maximum absolute atomic E-state index is 13.3. The van der Waals surface area contributed by atoms with Crippen LogP contribution >= 0.6 is 0 Å². The first-order chi connectivity index (χ1) is 9.28. The molecule has 0 amide bonds. The molecule has 1 aromatic rings. The second kappa shape index (κ2) is 7.05. The van der Waals surface area contributed by atoms with Crippen molar-refractivity contribution >= 4 is 10.0 Å². The highest BCUT2D eigenvalue weighted by Crippen LogP contribution is 2.21. The van der Waals surface area contributed by atoms with Crippen LogP contribution in [-0.4, -0.2) is 39.3 Å². The zero-order chi connectivity index (χ0) is 15.3. The maximum atomic E-state index is 13.3. The number of nitrogens with zero attached hydrogens (tertiary/aromatic N) is 1. The van der Waals surface area contributed by atoms with E-state index in [4.69, 9.17) is 0 Å². The Morgan fingerprint density at radius 1 is 1.35 bits per heavy atom. The van der Waals surface area contributed by atoms with Gasteiger partial charge >= 0.3 is 0 Å². The largest absolute Gasteiger partial charge is 0.313 e. The van der Waals surface area contributed by atoms with Gasteiger partial charge in [-0.25, -0.2) is 21.6 Å². The molecule has 1 aromatic carbocycles. The van der Waals surface area contributed by atoms with Gasteiger partial charge in [0.1, 0.15) is 5.82 Å². The minimum absolute atomic E-state index is 0.216. The molecule has 0 aromatic heterocycles. The van der Waals surface area contributed by atoms with Crippen molar-refractivity contribution in [2.45, 2.75) is 24.8 Å². The van der Waals surface area contributed by atoms with Crippen LogP contribution in [0.25, 0.3) is 0 Å². The molecule has 0 saturated heterocycles. The minimum atomic E-state index is -4.14. The highest BCUT2D eigenvalue weighted by Gasteiger charge is 2.26. The molecule has 1 rings (SSSR count). The Kier molecular flexibility index (Phi) is 5.97. The Bertz CT molecular complexity index is 550. The summed E-state index contributed by atoms with van der Waals surface area (Å²) in [6.45, 7) is 1.72. The smallest absolute Gasteiger partial charge is 0.252 e. The van der Waals surface area contributed by atoms with Crippen LogP contribution in [0.2, 0.25) is 0 Å². The molecule has 0 saturated carbocycles. The fraction of sp³-hybridized carbons (Fsp3) is 0.500. The Balaban J connectivity index is 3.18. The van der Waals surface area contributed by atoms with Crippen molar-refractivity contribution < 1.29 is 21.6 Å². The fourth-order valence-electron chi connectivity index (χ4n) is 1.63. The van der Waals surface area contributed by atoms with Crippen molar-refractivity contribution in [1.29, 1.82) is 0 Å². The zero-order valence-electron chi connectivity index (χ0n) is 11.2. The van der Waals surface area contributed by atoms with E-state index < -0.39 is 28.8 Å². The summed E-state index contributed by atoms with van der Waals surface area (Å²) in [5, 5.41) is 2.92. The quantitative estimate of drug-likeness (QED) is 0.836. The zero-order valence-corrected chi connectivity index (χ0v) is 12.1. The summed E-state index contributed by atoms with van der Waals surface area (Å²) < 4.78 is 62.9. The van der Waals surface area contributed by atoms with Gasteiger partial charge in [-0.2, -0.15) is 4.31 Å². The molecule has 1 N–H and O–H groups in total. The van der Waals surface area contributed by atoms with Crippen molar-refractivity contribution in [1.82, 2.24) is 9.62 Å². The molecule has 0 aliphatic rings. The van der Waals surface area contributed by atoms with Crippen LogP contribution < -0.4 is 5.32 Å². The molecular weight excluding hydrogens is 293 g/mol. The van der Waals surface area contributed by atoms with Crippen LogP contribution in [0.4, 0.5) is 13.2 Å². The van der Waals surface area contributed by atoms with E-state index in [0.717, 1.165) is 19.2 Å². The average Bonchev–Trinajstić information content (AvgIpc) is 2.36. The molecule has 0 unspecified atom stereocenters. The standard InChI is InChI=1S/C12H17F3N2O2S/c1-3-16-7-9-4-5-10(13)6-11(9)20(18,19)17(2)8-12(14)15/h4-6,12,16H,3,7-8H2,1-2H3. The van der Waals surface area contributed by atoms with E-state index in [1.54, 1.807) is 0 Å². The molecule has 0 atom stereocenters. The third-order valence-electron chi connectivity index (χ3n) is 2.68. The lowest BCUT2D eigenvalue weighted by molar-refractivity contribution is 0.126. The van der Waals surface area contributed by atoms with Crippen LogP contribution in [0.5, 0.6) is 0 Å². The van der Waals surface area contributed by atoms with Crippen LogP contribution in [0.1, 0.15) is 12.5 Å². The Hall–Kier alpha value is -1.12. The van der Waals surface area contributed by atoms with Gasteiger partial charge in [0.05, 0.1) is 11.4 Å². The van der Waals surface area contributed by atoms with Crippen LogP contribution in [-0.2, 0) is 16.6 Å². The minimum Gasteiger partial charge on any atom is -0.313 e.